The molecule has 0 saturated carbocycles. The molecular weight excluding hydrogens is 1230 g/mol. The van der Waals surface area contributed by atoms with Crippen LogP contribution in [-0.2, 0) is 65.4 Å². The van der Waals surface area contributed by atoms with Crippen LogP contribution >= 0.6 is 15.6 Å². The first kappa shape index (κ1) is 92.1. The molecule has 0 aromatic carbocycles. The maximum Gasteiger partial charge on any atom is 0.472 e. The molecule has 0 aliphatic heterocycles. The van der Waals surface area contributed by atoms with Gasteiger partial charge in [0.2, 0.25) is 0 Å². The van der Waals surface area contributed by atoms with Crippen LogP contribution in [0.15, 0.2) is 0 Å². The minimum atomic E-state index is -4.96. The van der Waals surface area contributed by atoms with E-state index in [1.54, 1.807) is 0 Å². The maximum atomic E-state index is 13.1. The number of aliphatic hydroxyl groups is 1. The average Bonchev–Trinajstić information content (AvgIpc) is 1.39. The summed E-state index contributed by atoms with van der Waals surface area (Å²) in [5, 5.41) is 10.6. The Morgan fingerprint density at radius 2 is 0.543 bits per heavy atom. The molecule has 3 N–H and O–H groups in total. The van der Waals surface area contributed by atoms with Gasteiger partial charge in [0.1, 0.15) is 19.3 Å². The first-order chi connectivity index (χ1) is 45.4. The summed E-state index contributed by atoms with van der Waals surface area (Å²) in [5.41, 5.74) is 0. The van der Waals surface area contributed by atoms with E-state index in [-0.39, 0.29) is 25.7 Å². The van der Waals surface area contributed by atoms with Gasteiger partial charge in [0.15, 0.2) is 12.2 Å². The van der Waals surface area contributed by atoms with Crippen LogP contribution in [0.1, 0.15) is 388 Å². The summed E-state index contributed by atoms with van der Waals surface area (Å²) in [6.45, 7) is 9.53. The molecule has 17 nitrogen and oxygen atoms in total. The van der Waals surface area contributed by atoms with Gasteiger partial charge < -0.3 is 33.8 Å². The van der Waals surface area contributed by atoms with Crippen molar-refractivity contribution in [3.63, 3.8) is 0 Å². The summed E-state index contributed by atoms with van der Waals surface area (Å²) in [4.78, 5) is 72.6. The third-order valence-electron chi connectivity index (χ3n) is 17.8. The molecule has 0 aliphatic carbocycles. The minimum absolute atomic E-state index is 0.103. The lowest BCUT2D eigenvalue weighted by molar-refractivity contribution is -0.161. The lowest BCUT2D eigenvalue weighted by atomic mass is 10.00. The Kier molecular flexibility index (Phi) is 65.5. The highest BCUT2D eigenvalue weighted by Gasteiger charge is 2.30. The van der Waals surface area contributed by atoms with E-state index in [9.17, 15) is 43.2 Å². The Hall–Kier alpha value is -1.94. The molecule has 0 aromatic rings. The zero-order valence-electron chi connectivity index (χ0n) is 61.3. The Labute approximate surface area is 575 Å². The van der Waals surface area contributed by atoms with Crippen molar-refractivity contribution in [2.75, 3.05) is 39.6 Å². The number of carbonyl (C=O) groups excluding carboxylic acids is 4. The second-order valence-corrected chi connectivity index (χ2v) is 30.7. The van der Waals surface area contributed by atoms with Crippen LogP contribution in [-0.4, -0.2) is 96.7 Å². The second-order valence-electron chi connectivity index (χ2n) is 27.8. The van der Waals surface area contributed by atoms with E-state index in [1.807, 2.05) is 0 Å². The number of rotatable bonds is 74. The first-order valence-electron chi connectivity index (χ1n) is 39.0. The summed E-state index contributed by atoms with van der Waals surface area (Å²) < 4.78 is 68.4. The number of aliphatic hydroxyl groups excluding tert-OH is 1. The van der Waals surface area contributed by atoms with Gasteiger partial charge in [-0.1, -0.05) is 337 Å². The van der Waals surface area contributed by atoms with Crippen LogP contribution in [0, 0.1) is 11.8 Å². The summed E-state index contributed by atoms with van der Waals surface area (Å²) in [7, 11) is -9.90. The predicted octanol–water partition coefficient (Wildman–Crippen LogP) is 21.9. The largest absolute Gasteiger partial charge is 0.472 e. The van der Waals surface area contributed by atoms with E-state index in [0.29, 0.717) is 25.7 Å². The molecule has 94 heavy (non-hydrogen) atoms. The van der Waals surface area contributed by atoms with Crippen molar-refractivity contribution in [3.05, 3.63) is 0 Å². The van der Waals surface area contributed by atoms with Gasteiger partial charge in [0.25, 0.3) is 0 Å². The maximum absolute atomic E-state index is 13.1. The standard InChI is InChI=1S/C75H146O17P2/c1-7-10-12-14-16-18-19-20-21-22-23-24-25-26-29-33-36-40-47-53-59-74(79)91-70(63-86-73(78)58-52-46-39-35-32-30-27-28-31-34-37-43-49-55-67(4)5)65-89-93(81,82)87-61-69(76)62-88-94(83,84)90-66-71(64-85-72(77)57-51-45-38-17-15-13-11-8-2)92-75(80)60-54-48-42-41-44-50-56-68(6)9-3/h67-71,76H,7-66H2,1-6H3,(H,81,82)(H,83,84)/t68?,69-,70-,71-/m1/s1. The van der Waals surface area contributed by atoms with Gasteiger partial charge in [-0.25, -0.2) is 9.13 Å². The van der Waals surface area contributed by atoms with E-state index in [2.05, 4.69) is 41.5 Å². The molecule has 0 amide bonds. The number of phosphoric ester groups is 2. The molecule has 3 unspecified atom stereocenters. The smallest absolute Gasteiger partial charge is 0.462 e. The van der Waals surface area contributed by atoms with Gasteiger partial charge in [-0.05, 0) is 37.5 Å². The molecular formula is C75H146O17P2. The van der Waals surface area contributed by atoms with E-state index < -0.39 is 97.5 Å². The third kappa shape index (κ3) is 67.3. The highest BCUT2D eigenvalue weighted by Crippen LogP contribution is 2.45. The Morgan fingerprint density at radius 1 is 0.309 bits per heavy atom. The van der Waals surface area contributed by atoms with E-state index >= 15 is 0 Å². The summed E-state index contributed by atoms with van der Waals surface area (Å²) in [6, 6.07) is 0. The van der Waals surface area contributed by atoms with E-state index in [0.717, 1.165) is 108 Å². The number of esters is 4. The number of carbonyl (C=O) groups is 4. The molecule has 0 radical (unpaired) electrons. The Balaban J connectivity index is 5.19. The van der Waals surface area contributed by atoms with E-state index in [1.165, 1.54) is 199 Å². The second kappa shape index (κ2) is 66.9. The van der Waals surface area contributed by atoms with Crippen molar-refractivity contribution in [2.24, 2.45) is 11.8 Å². The van der Waals surface area contributed by atoms with Crippen LogP contribution in [0.2, 0.25) is 0 Å². The van der Waals surface area contributed by atoms with Crippen LogP contribution in [0.4, 0.5) is 0 Å². The summed E-state index contributed by atoms with van der Waals surface area (Å²) in [5.74, 6) is -0.612. The molecule has 0 heterocycles. The molecule has 0 spiro atoms. The van der Waals surface area contributed by atoms with Gasteiger partial charge >= 0.3 is 39.5 Å². The lowest BCUT2D eigenvalue weighted by Crippen LogP contribution is -2.30. The molecule has 0 aliphatic rings. The summed E-state index contributed by atoms with van der Waals surface area (Å²) >= 11 is 0. The van der Waals surface area contributed by atoms with Crippen LogP contribution in [0.25, 0.3) is 0 Å². The number of hydrogen-bond acceptors (Lipinski definition) is 15. The molecule has 0 saturated heterocycles. The SMILES string of the molecule is CCCCCCCCCCCCCCCCCCCCCCC(=O)O[C@H](COC(=O)CCCCCCCCCCCCCCCC(C)C)COP(=O)(O)OC[C@@H](O)COP(=O)(O)OC[C@@H](COC(=O)CCCCCCCCCC)OC(=O)CCCCCCCCC(C)CC. The normalized spacial score (nSPS) is 14.3. The van der Waals surface area contributed by atoms with Crippen molar-refractivity contribution >= 4 is 39.5 Å². The average molecular weight is 1380 g/mol. The summed E-state index contributed by atoms with van der Waals surface area (Å²) in [6.07, 6.45) is 54.3. The Bertz CT molecular complexity index is 1820. The quantitative estimate of drug-likeness (QED) is 0.0222. The molecule has 0 rings (SSSR count). The Morgan fingerprint density at radius 3 is 0.809 bits per heavy atom. The topological polar surface area (TPSA) is 237 Å². The highest BCUT2D eigenvalue weighted by molar-refractivity contribution is 7.47. The van der Waals surface area contributed by atoms with Crippen LogP contribution < -0.4 is 0 Å². The fraction of sp³-hybridized carbons (Fsp3) is 0.947. The molecule has 6 atom stereocenters. The van der Waals surface area contributed by atoms with Crippen molar-refractivity contribution in [2.45, 2.75) is 407 Å². The fourth-order valence-corrected chi connectivity index (χ4v) is 13.0. The first-order valence-corrected chi connectivity index (χ1v) is 42.0. The van der Waals surface area contributed by atoms with Crippen molar-refractivity contribution in [1.82, 2.24) is 0 Å². The molecule has 0 bridgehead atoms. The van der Waals surface area contributed by atoms with Gasteiger partial charge in [0, 0.05) is 25.7 Å². The molecule has 19 heteroatoms. The fourth-order valence-electron chi connectivity index (χ4n) is 11.4. The number of ether oxygens (including phenoxy) is 4. The van der Waals surface area contributed by atoms with Gasteiger partial charge in [-0.2, -0.15) is 0 Å². The lowest BCUT2D eigenvalue weighted by Gasteiger charge is -2.21. The van der Waals surface area contributed by atoms with E-state index in [4.69, 9.17) is 37.0 Å². The number of unbranched alkanes of at least 4 members (excludes halogenated alkanes) is 43. The molecule has 558 valence electrons. The van der Waals surface area contributed by atoms with Gasteiger partial charge in [0.05, 0.1) is 26.4 Å². The molecule has 0 aromatic heterocycles. The van der Waals surface area contributed by atoms with Gasteiger partial charge in [-0.15, -0.1) is 0 Å². The number of hydrogen-bond donors (Lipinski definition) is 3. The van der Waals surface area contributed by atoms with Crippen molar-refractivity contribution in [1.29, 1.82) is 0 Å². The molecule has 0 fully saturated rings. The minimum Gasteiger partial charge on any atom is -0.462 e. The third-order valence-corrected chi connectivity index (χ3v) is 19.7. The number of phosphoric acid groups is 2. The monoisotopic (exact) mass is 1380 g/mol. The van der Waals surface area contributed by atoms with Crippen molar-refractivity contribution < 1.29 is 80.2 Å². The van der Waals surface area contributed by atoms with Crippen LogP contribution in [0.3, 0.4) is 0 Å². The predicted molar refractivity (Wildman–Crippen MR) is 381 cm³/mol. The highest BCUT2D eigenvalue weighted by atomic mass is 31.2. The van der Waals surface area contributed by atoms with Crippen LogP contribution in [0.5, 0.6) is 0 Å². The zero-order chi connectivity index (χ0) is 69.3. The zero-order valence-corrected chi connectivity index (χ0v) is 63.1. The van der Waals surface area contributed by atoms with Crippen molar-refractivity contribution in [3.8, 4) is 0 Å². The van der Waals surface area contributed by atoms with Gasteiger partial charge in [-0.3, -0.25) is 37.3 Å².